The van der Waals surface area contributed by atoms with Crippen LogP contribution in [0, 0.1) is 6.92 Å². The number of nitrogens with one attached hydrogen (secondary N) is 1. The molecule has 0 amide bonds. The van der Waals surface area contributed by atoms with Crippen LogP contribution < -0.4 is 4.72 Å². The Hall–Kier alpha value is -1.38. The summed E-state index contributed by atoms with van der Waals surface area (Å²) in [5, 5.41) is 8.79. The maximum Gasteiger partial charge on any atom is 0.371 e. The first-order valence-electron chi connectivity index (χ1n) is 6.06. The van der Waals surface area contributed by atoms with Crippen molar-refractivity contribution in [1.29, 1.82) is 0 Å². The zero-order valence-electron chi connectivity index (χ0n) is 11.9. The molecule has 0 bridgehead atoms. The predicted molar refractivity (Wildman–Crippen MR) is 71.3 cm³/mol. The van der Waals surface area contributed by atoms with Crippen molar-refractivity contribution in [3.63, 3.8) is 0 Å². The predicted octanol–water partition coefficient (Wildman–Crippen LogP) is 1.38. The molecule has 20 heavy (non-hydrogen) atoms. The molecule has 0 aliphatic rings. The summed E-state index contributed by atoms with van der Waals surface area (Å²) in [5.74, 6) is -1.69. The normalized spacial score (nSPS) is 12.6. The lowest BCUT2D eigenvalue weighted by atomic mass is 10.1. The minimum absolute atomic E-state index is 0.0316. The quantitative estimate of drug-likeness (QED) is 0.788. The number of hydrogen-bond acceptors (Lipinski definition) is 5. The summed E-state index contributed by atoms with van der Waals surface area (Å²) in [6.07, 6.45) is 0. The van der Waals surface area contributed by atoms with Crippen molar-refractivity contribution in [2.24, 2.45) is 0 Å². The molecule has 2 N–H and O–H groups in total. The van der Waals surface area contributed by atoms with E-state index in [-0.39, 0.29) is 17.2 Å². The van der Waals surface area contributed by atoms with Gasteiger partial charge >= 0.3 is 5.97 Å². The van der Waals surface area contributed by atoms with Crippen LogP contribution in [-0.2, 0) is 14.8 Å². The van der Waals surface area contributed by atoms with Crippen molar-refractivity contribution < 1.29 is 27.5 Å². The average molecular weight is 305 g/mol. The molecule has 0 atom stereocenters. The Balaban J connectivity index is 2.92. The van der Waals surface area contributed by atoms with Gasteiger partial charge in [-0.2, -0.15) is 0 Å². The van der Waals surface area contributed by atoms with Gasteiger partial charge in [-0.15, -0.1) is 0 Å². The zero-order valence-corrected chi connectivity index (χ0v) is 12.7. The summed E-state index contributed by atoms with van der Waals surface area (Å²) in [4.78, 5) is 10.6. The van der Waals surface area contributed by atoms with Gasteiger partial charge in [-0.1, -0.05) is 0 Å². The van der Waals surface area contributed by atoms with Crippen molar-refractivity contribution in [3.8, 4) is 0 Å². The van der Waals surface area contributed by atoms with Crippen LogP contribution in [0.25, 0.3) is 0 Å². The molecule has 1 heterocycles. The maximum absolute atomic E-state index is 12.1. The van der Waals surface area contributed by atoms with E-state index >= 15 is 0 Å². The van der Waals surface area contributed by atoms with Crippen molar-refractivity contribution in [2.45, 2.75) is 38.2 Å². The number of sulfonamides is 1. The van der Waals surface area contributed by atoms with E-state index in [4.69, 9.17) is 14.3 Å². The second-order valence-corrected chi connectivity index (χ2v) is 6.59. The highest BCUT2D eigenvalue weighted by Crippen LogP contribution is 2.20. The fraction of sp³-hybridized carbons (Fsp3) is 0.583. The third kappa shape index (κ3) is 4.06. The minimum Gasteiger partial charge on any atom is -0.475 e. The fourth-order valence-electron chi connectivity index (χ4n) is 1.63. The summed E-state index contributed by atoms with van der Waals surface area (Å²) < 4.78 is 36.9. The summed E-state index contributed by atoms with van der Waals surface area (Å²) in [7, 11) is -3.84. The third-order valence-corrected chi connectivity index (χ3v) is 4.10. The number of aromatic carboxylic acids is 1. The lowest BCUT2D eigenvalue weighted by molar-refractivity contribution is -0.00515. The van der Waals surface area contributed by atoms with Gasteiger partial charge in [0.1, 0.15) is 10.7 Å². The third-order valence-electron chi connectivity index (χ3n) is 2.60. The summed E-state index contributed by atoms with van der Waals surface area (Å²) in [6, 6.07) is 0.994. The summed E-state index contributed by atoms with van der Waals surface area (Å²) >= 11 is 0. The molecule has 7 nitrogen and oxygen atoms in total. The molecule has 0 unspecified atom stereocenters. The van der Waals surface area contributed by atoms with Crippen molar-refractivity contribution in [1.82, 2.24) is 4.72 Å². The Morgan fingerprint density at radius 3 is 2.55 bits per heavy atom. The highest BCUT2D eigenvalue weighted by Gasteiger charge is 2.26. The number of hydrogen-bond donors (Lipinski definition) is 2. The first kappa shape index (κ1) is 16.7. The molecule has 1 aromatic heterocycles. The monoisotopic (exact) mass is 305 g/mol. The van der Waals surface area contributed by atoms with E-state index in [1.807, 2.05) is 6.92 Å². The molecule has 0 saturated heterocycles. The van der Waals surface area contributed by atoms with Crippen molar-refractivity contribution in [2.75, 3.05) is 13.2 Å². The van der Waals surface area contributed by atoms with Gasteiger partial charge < -0.3 is 14.3 Å². The fourth-order valence-corrected chi connectivity index (χ4v) is 3.00. The van der Waals surface area contributed by atoms with Crippen molar-refractivity contribution >= 4 is 16.0 Å². The lowest BCUT2D eigenvalue weighted by Crippen LogP contribution is -2.40. The van der Waals surface area contributed by atoms with Crippen LogP contribution in [0.3, 0.4) is 0 Å². The van der Waals surface area contributed by atoms with Gasteiger partial charge in [0, 0.05) is 19.2 Å². The molecule has 8 heteroatoms. The van der Waals surface area contributed by atoms with Gasteiger partial charge in [0.2, 0.25) is 15.8 Å². The van der Waals surface area contributed by atoms with E-state index in [0.717, 1.165) is 6.07 Å². The van der Waals surface area contributed by atoms with E-state index in [0.29, 0.717) is 6.61 Å². The van der Waals surface area contributed by atoms with Gasteiger partial charge in [-0.25, -0.2) is 17.9 Å². The van der Waals surface area contributed by atoms with E-state index in [1.54, 1.807) is 13.8 Å². The van der Waals surface area contributed by atoms with E-state index < -0.39 is 27.4 Å². The molecule has 0 fully saturated rings. The molecular formula is C12H19NO6S. The van der Waals surface area contributed by atoms with Crippen molar-refractivity contribution in [3.05, 3.63) is 17.6 Å². The number of furan rings is 1. The SMILES string of the molecule is CCOC(C)(C)CNS(=O)(=O)c1cc(C(=O)O)oc1C. The van der Waals surface area contributed by atoms with Gasteiger partial charge in [-0.3, -0.25) is 0 Å². The molecule has 0 saturated carbocycles. The highest BCUT2D eigenvalue weighted by molar-refractivity contribution is 7.89. The lowest BCUT2D eigenvalue weighted by Gasteiger charge is -2.24. The van der Waals surface area contributed by atoms with Crippen LogP contribution in [0.2, 0.25) is 0 Å². The first-order chi connectivity index (χ1) is 9.09. The Morgan fingerprint density at radius 2 is 2.10 bits per heavy atom. The number of carboxylic acids is 1. The Labute approximate surface area is 118 Å². The number of carbonyl (C=O) groups is 1. The van der Waals surface area contributed by atoms with Crippen LogP contribution in [-0.4, -0.2) is 38.2 Å². The zero-order chi connectivity index (χ0) is 15.6. The molecule has 0 spiro atoms. The number of carboxylic acid groups (broad SMARTS) is 1. The average Bonchev–Trinajstić information content (AvgIpc) is 2.70. The molecule has 0 aliphatic heterocycles. The van der Waals surface area contributed by atoms with Crippen LogP contribution in [0.4, 0.5) is 0 Å². The van der Waals surface area contributed by atoms with Gasteiger partial charge in [0.15, 0.2) is 0 Å². The molecule has 114 valence electrons. The summed E-state index contributed by atoms with van der Waals surface area (Å²) in [6.45, 7) is 7.25. The van der Waals surface area contributed by atoms with Gasteiger partial charge in [-0.05, 0) is 27.7 Å². The van der Waals surface area contributed by atoms with Gasteiger partial charge in [0.25, 0.3) is 0 Å². The van der Waals surface area contributed by atoms with Crippen LogP contribution in [0.5, 0.6) is 0 Å². The topological polar surface area (TPSA) is 106 Å². The first-order valence-corrected chi connectivity index (χ1v) is 7.55. The Morgan fingerprint density at radius 1 is 1.50 bits per heavy atom. The molecular weight excluding hydrogens is 286 g/mol. The molecule has 0 aromatic carbocycles. The number of aryl methyl sites for hydroxylation is 1. The summed E-state index contributed by atoms with van der Waals surface area (Å²) in [5.41, 5.74) is -0.658. The van der Waals surface area contributed by atoms with E-state index in [9.17, 15) is 13.2 Å². The number of ether oxygens (including phenoxy) is 1. The van der Waals surface area contributed by atoms with Crippen LogP contribution in [0.1, 0.15) is 37.1 Å². The van der Waals surface area contributed by atoms with E-state index in [1.165, 1.54) is 6.92 Å². The van der Waals surface area contributed by atoms with Crippen LogP contribution in [0.15, 0.2) is 15.4 Å². The molecule has 0 radical (unpaired) electrons. The number of rotatable bonds is 7. The molecule has 1 rings (SSSR count). The van der Waals surface area contributed by atoms with Crippen LogP contribution >= 0.6 is 0 Å². The maximum atomic E-state index is 12.1. The largest absolute Gasteiger partial charge is 0.475 e. The van der Waals surface area contributed by atoms with Gasteiger partial charge in [0.05, 0.1) is 5.60 Å². The highest BCUT2D eigenvalue weighted by atomic mass is 32.2. The minimum atomic E-state index is -3.84. The Kier molecular flexibility index (Phi) is 4.95. The standard InChI is InChI=1S/C12H19NO6S/c1-5-18-12(3,4)7-13-20(16,17)10-6-9(11(14)15)19-8(10)2/h6,13H,5,7H2,1-4H3,(H,14,15). The second kappa shape index (κ2) is 5.94. The smallest absolute Gasteiger partial charge is 0.371 e. The molecule has 1 aromatic rings. The Bertz CT molecular complexity index is 587. The molecule has 0 aliphatic carbocycles. The van der Waals surface area contributed by atoms with E-state index in [2.05, 4.69) is 4.72 Å². The second-order valence-electron chi connectivity index (χ2n) is 4.85.